The first-order valence-corrected chi connectivity index (χ1v) is 8.23. The van der Waals surface area contributed by atoms with Crippen LogP contribution in [0.1, 0.15) is 57.1 Å². The van der Waals surface area contributed by atoms with E-state index >= 15 is 0 Å². The Kier molecular flexibility index (Phi) is 6.65. The minimum absolute atomic E-state index is 0.160. The van der Waals surface area contributed by atoms with Gasteiger partial charge in [-0.15, -0.1) is 0 Å². The molecule has 0 spiro atoms. The van der Waals surface area contributed by atoms with E-state index in [0.717, 1.165) is 18.7 Å². The van der Waals surface area contributed by atoms with E-state index < -0.39 is 0 Å². The van der Waals surface area contributed by atoms with Crippen molar-refractivity contribution in [3.05, 3.63) is 35.1 Å². The van der Waals surface area contributed by atoms with Gasteiger partial charge in [0.05, 0.1) is 6.61 Å². The van der Waals surface area contributed by atoms with Gasteiger partial charge >= 0.3 is 0 Å². The molecule has 1 aromatic rings. The Balaban J connectivity index is 1.81. The van der Waals surface area contributed by atoms with Crippen LogP contribution in [0.2, 0.25) is 0 Å². The summed E-state index contributed by atoms with van der Waals surface area (Å²) in [4.78, 5) is 0. The molecule has 1 fully saturated rings. The second-order valence-corrected chi connectivity index (χ2v) is 6.48. The Morgan fingerprint density at radius 3 is 2.71 bits per heavy atom. The molecule has 0 heterocycles. The minimum Gasteiger partial charge on any atom is -0.376 e. The molecule has 0 atom stereocenters. The highest BCUT2D eigenvalue weighted by molar-refractivity contribution is 5.24. The van der Waals surface area contributed by atoms with E-state index in [0.29, 0.717) is 24.1 Å². The van der Waals surface area contributed by atoms with Crippen LogP contribution in [0.25, 0.3) is 0 Å². The molecule has 0 aliphatic heterocycles. The summed E-state index contributed by atoms with van der Waals surface area (Å²) < 4.78 is 19.6. The van der Waals surface area contributed by atoms with Crippen LogP contribution in [-0.2, 0) is 17.9 Å². The third kappa shape index (κ3) is 5.76. The number of benzene rings is 1. The molecule has 1 N–H and O–H groups in total. The Morgan fingerprint density at radius 2 is 2.00 bits per heavy atom. The first kappa shape index (κ1) is 16.4. The lowest BCUT2D eigenvalue weighted by Gasteiger charge is -2.21. The highest BCUT2D eigenvalue weighted by atomic mass is 19.1. The number of hydrogen-bond donors (Lipinski definition) is 1. The van der Waals surface area contributed by atoms with Gasteiger partial charge in [-0.25, -0.2) is 4.39 Å². The molecule has 21 heavy (non-hydrogen) atoms. The normalized spacial score (nSPS) is 16.6. The summed E-state index contributed by atoms with van der Waals surface area (Å²) in [5.41, 5.74) is 1.79. The summed E-state index contributed by atoms with van der Waals surface area (Å²) in [6, 6.07) is 5.75. The number of nitrogens with one attached hydrogen (secondary N) is 1. The number of rotatable bonds is 7. The lowest BCUT2D eigenvalue weighted by Crippen LogP contribution is -2.22. The molecule has 0 unspecified atom stereocenters. The van der Waals surface area contributed by atoms with Crippen molar-refractivity contribution in [1.82, 2.24) is 5.32 Å². The Bertz CT molecular complexity index is 427. The van der Waals surface area contributed by atoms with Crippen LogP contribution in [0.3, 0.4) is 0 Å². The highest BCUT2D eigenvalue weighted by Gasteiger charge is 2.13. The summed E-state index contributed by atoms with van der Waals surface area (Å²) in [7, 11) is 0. The molecule has 0 amide bonds. The second-order valence-electron chi connectivity index (χ2n) is 6.48. The van der Waals surface area contributed by atoms with Crippen molar-refractivity contribution in [1.29, 1.82) is 0 Å². The summed E-state index contributed by atoms with van der Waals surface area (Å²) in [5, 5.41) is 3.35. The maximum atomic E-state index is 13.8. The molecule has 0 bridgehead atoms. The zero-order valence-corrected chi connectivity index (χ0v) is 13.3. The zero-order chi connectivity index (χ0) is 15.1. The van der Waals surface area contributed by atoms with Crippen molar-refractivity contribution in [2.24, 2.45) is 5.92 Å². The van der Waals surface area contributed by atoms with Crippen LogP contribution < -0.4 is 5.32 Å². The topological polar surface area (TPSA) is 21.3 Å². The van der Waals surface area contributed by atoms with E-state index in [1.54, 1.807) is 6.07 Å². The number of ether oxygens (including phenoxy) is 1. The first-order chi connectivity index (χ1) is 10.1. The van der Waals surface area contributed by atoms with Gasteiger partial charge < -0.3 is 10.1 Å². The van der Waals surface area contributed by atoms with E-state index in [9.17, 15) is 4.39 Å². The average molecular weight is 293 g/mol. The average Bonchev–Trinajstić information content (AvgIpc) is 2.49. The predicted molar refractivity (Wildman–Crippen MR) is 84.6 cm³/mol. The summed E-state index contributed by atoms with van der Waals surface area (Å²) in [6.07, 6.45) is 6.52. The zero-order valence-electron chi connectivity index (χ0n) is 13.3. The Labute approximate surface area is 128 Å². The maximum Gasteiger partial charge on any atom is 0.128 e. The largest absolute Gasteiger partial charge is 0.376 e. The maximum absolute atomic E-state index is 13.8. The molecule has 1 saturated carbocycles. The van der Waals surface area contributed by atoms with Crippen LogP contribution in [0.4, 0.5) is 4.39 Å². The molecule has 2 rings (SSSR count). The fourth-order valence-corrected chi connectivity index (χ4v) is 2.86. The SMILES string of the molecule is CC(C)NCc1ccc(F)c(COCC2CCCCC2)c1. The standard InChI is InChI=1S/C18H28FNO/c1-14(2)20-11-16-8-9-18(19)17(10-16)13-21-12-15-6-4-3-5-7-15/h8-10,14-15,20H,3-7,11-13H2,1-2H3. The predicted octanol–water partition coefficient (Wildman–Crippen LogP) is 4.42. The second kappa shape index (κ2) is 8.50. The van der Waals surface area contributed by atoms with Gasteiger partial charge in [-0.2, -0.15) is 0 Å². The fraction of sp³-hybridized carbons (Fsp3) is 0.667. The minimum atomic E-state index is -0.160. The van der Waals surface area contributed by atoms with Crippen molar-refractivity contribution in [3.8, 4) is 0 Å². The summed E-state index contributed by atoms with van der Waals surface area (Å²) in [6.45, 7) is 6.15. The highest BCUT2D eigenvalue weighted by Crippen LogP contribution is 2.24. The lowest BCUT2D eigenvalue weighted by atomic mass is 9.90. The van der Waals surface area contributed by atoms with Crippen LogP contribution >= 0.6 is 0 Å². The summed E-state index contributed by atoms with van der Waals surface area (Å²) >= 11 is 0. The van der Waals surface area contributed by atoms with Gasteiger partial charge in [0.25, 0.3) is 0 Å². The lowest BCUT2D eigenvalue weighted by molar-refractivity contribution is 0.0722. The van der Waals surface area contributed by atoms with E-state index in [4.69, 9.17) is 4.74 Å². The van der Waals surface area contributed by atoms with Gasteiger partial charge in [-0.3, -0.25) is 0 Å². The molecule has 3 heteroatoms. The first-order valence-electron chi connectivity index (χ1n) is 8.23. The molecule has 1 aliphatic rings. The van der Waals surface area contributed by atoms with Gasteiger partial charge in [0.15, 0.2) is 0 Å². The van der Waals surface area contributed by atoms with Crippen molar-refractivity contribution in [3.63, 3.8) is 0 Å². The van der Waals surface area contributed by atoms with E-state index in [-0.39, 0.29) is 5.82 Å². The molecular weight excluding hydrogens is 265 g/mol. The molecule has 0 aromatic heterocycles. The molecule has 0 saturated heterocycles. The fourth-order valence-electron chi connectivity index (χ4n) is 2.86. The van der Waals surface area contributed by atoms with Crippen LogP contribution in [0.15, 0.2) is 18.2 Å². The van der Waals surface area contributed by atoms with Gasteiger partial charge in [-0.1, -0.05) is 39.2 Å². The summed E-state index contributed by atoms with van der Waals surface area (Å²) in [5.74, 6) is 0.513. The quantitative estimate of drug-likeness (QED) is 0.803. The molecule has 0 radical (unpaired) electrons. The number of hydrogen-bond acceptors (Lipinski definition) is 2. The van der Waals surface area contributed by atoms with E-state index in [1.807, 2.05) is 12.1 Å². The third-order valence-corrected chi connectivity index (χ3v) is 4.16. The molecule has 1 aliphatic carbocycles. The smallest absolute Gasteiger partial charge is 0.128 e. The van der Waals surface area contributed by atoms with Gasteiger partial charge in [0.1, 0.15) is 5.82 Å². The molecule has 2 nitrogen and oxygen atoms in total. The van der Waals surface area contributed by atoms with E-state index in [1.165, 1.54) is 32.1 Å². The number of halogens is 1. The Hall–Kier alpha value is -0.930. The van der Waals surface area contributed by atoms with Crippen molar-refractivity contribution < 1.29 is 9.13 Å². The van der Waals surface area contributed by atoms with Crippen molar-refractivity contribution in [2.45, 2.75) is 65.1 Å². The van der Waals surface area contributed by atoms with Crippen LogP contribution in [0, 0.1) is 11.7 Å². The monoisotopic (exact) mass is 293 g/mol. The Morgan fingerprint density at radius 1 is 1.24 bits per heavy atom. The van der Waals surface area contributed by atoms with Crippen molar-refractivity contribution >= 4 is 0 Å². The third-order valence-electron chi connectivity index (χ3n) is 4.16. The van der Waals surface area contributed by atoms with Gasteiger partial charge in [0.2, 0.25) is 0 Å². The van der Waals surface area contributed by atoms with E-state index in [2.05, 4.69) is 19.2 Å². The molecule has 1 aromatic carbocycles. The van der Waals surface area contributed by atoms with Crippen LogP contribution in [-0.4, -0.2) is 12.6 Å². The molecule has 118 valence electrons. The van der Waals surface area contributed by atoms with Crippen LogP contribution in [0.5, 0.6) is 0 Å². The van der Waals surface area contributed by atoms with Gasteiger partial charge in [-0.05, 0) is 36.5 Å². The van der Waals surface area contributed by atoms with Gasteiger partial charge in [0, 0.05) is 24.8 Å². The van der Waals surface area contributed by atoms with Crippen molar-refractivity contribution in [2.75, 3.05) is 6.61 Å². The molecular formula is C18H28FNO.